The smallest absolute Gasteiger partial charge is 0.164 e. The van der Waals surface area contributed by atoms with Gasteiger partial charge in [-0.15, -0.1) is 0 Å². The fourth-order valence-corrected chi connectivity index (χ4v) is 3.98. The van der Waals surface area contributed by atoms with Crippen molar-refractivity contribution in [3.05, 3.63) is 102 Å². The molecule has 142 valence electrons. The number of nitrogens with zero attached hydrogens (tertiary/aromatic N) is 2. The summed E-state index contributed by atoms with van der Waals surface area (Å²) in [5.74, 6) is 0.208. The van der Waals surface area contributed by atoms with Crippen LogP contribution in [0.3, 0.4) is 0 Å². The van der Waals surface area contributed by atoms with E-state index in [0.29, 0.717) is 6.42 Å². The van der Waals surface area contributed by atoms with Crippen molar-refractivity contribution in [1.82, 2.24) is 4.90 Å². The molecule has 3 aromatic carbocycles. The highest BCUT2D eigenvalue weighted by Gasteiger charge is 2.27. The van der Waals surface area contributed by atoms with E-state index in [4.69, 9.17) is 0 Å². The molecule has 1 heterocycles. The molecule has 0 saturated carbocycles. The van der Waals surface area contributed by atoms with Crippen molar-refractivity contribution in [2.24, 2.45) is 0 Å². The molecular weight excluding hydrogens is 344 g/mol. The van der Waals surface area contributed by atoms with Gasteiger partial charge in [0.15, 0.2) is 5.78 Å². The molecule has 0 aliphatic carbocycles. The van der Waals surface area contributed by atoms with Gasteiger partial charge in [-0.1, -0.05) is 78.9 Å². The van der Waals surface area contributed by atoms with E-state index in [9.17, 15) is 4.79 Å². The van der Waals surface area contributed by atoms with Gasteiger partial charge in [0.1, 0.15) is 0 Å². The Balaban J connectivity index is 1.49. The number of hydrogen-bond acceptors (Lipinski definition) is 3. The van der Waals surface area contributed by atoms with E-state index in [-0.39, 0.29) is 11.8 Å². The van der Waals surface area contributed by atoms with Crippen molar-refractivity contribution >= 4 is 11.5 Å². The zero-order chi connectivity index (χ0) is 19.2. The number of anilines is 1. The van der Waals surface area contributed by atoms with Crippen molar-refractivity contribution in [2.75, 3.05) is 31.1 Å². The van der Waals surface area contributed by atoms with Gasteiger partial charge in [0, 0.05) is 49.9 Å². The van der Waals surface area contributed by atoms with Crippen molar-refractivity contribution in [1.29, 1.82) is 0 Å². The maximum Gasteiger partial charge on any atom is 0.164 e. The number of benzene rings is 3. The molecule has 28 heavy (non-hydrogen) atoms. The zero-order valence-electron chi connectivity index (χ0n) is 16.1. The lowest BCUT2D eigenvalue weighted by molar-refractivity contribution is 0.0910. The molecule has 3 heteroatoms. The van der Waals surface area contributed by atoms with E-state index in [0.717, 1.165) is 31.7 Å². The predicted molar refractivity (Wildman–Crippen MR) is 115 cm³/mol. The SMILES string of the molecule is O=C(CC(c1ccccc1)N1CCN(c2ccccc2)CC1)c1ccccc1. The molecule has 4 rings (SSSR count). The fourth-order valence-electron chi connectivity index (χ4n) is 3.98. The number of piperazine rings is 1. The number of para-hydroxylation sites is 1. The van der Waals surface area contributed by atoms with E-state index in [1.807, 2.05) is 36.4 Å². The van der Waals surface area contributed by atoms with Gasteiger partial charge in [0.05, 0.1) is 0 Å². The molecule has 1 fully saturated rings. The number of rotatable bonds is 6. The number of ketones is 1. The fraction of sp³-hybridized carbons (Fsp3) is 0.240. The Morgan fingerprint density at radius 2 is 1.25 bits per heavy atom. The first kappa shape index (κ1) is 18.5. The van der Waals surface area contributed by atoms with Gasteiger partial charge in [-0.05, 0) is 17.7 Å². The molecule has 0 N–H and O–H groups in total. The summed E-state index contributed by atoms with van der Waals surface area (Å²) in [6.45, 7) is 3.87. The van der Waals surface area contributed by atoms with Gasteiger partial charge >= 0.3 is 0 Å². The third-order valence-corrected chi connectivity index (χ3v) is 5.54. The van der Waals surface area contributed by atoms with Crippen molar-refractivity contribution in [3.8, 4) is 0 Å². The van der Waals surface area contributed by atoms with E-state index < -0.39 is 0 Å². The lowest BCUT2D eigenvalue weighted by atomic mass is 9.96. The molecule has 3 aromatic rings. The summed E-state index contributed by atoms with van der Waals surface area (Å²) in [5, 5.41) is 0. The number of carbonyl (C=O) groups excluding carboxylic acids is 1. The highest BCUT2D eigenvalue weighted by atomic mass is 16.1. The van der Waals surface area contributed by atoms with Gasteiger partial charge in [0.25, 0.3) is 0 Å². The first-order valence-corrected chi connectivity index (χ1v) is 9.98. The molecule has 0 bridgehead atoms. The van der Waals surface area contributed by atoms with Crippen LogP contribution in [0.15, 0.2) is 91.0 Å². The lowest BCUT2D eigenvalue weighted by Gasteiger charge is -2.40. The number of carbonyl (C=O) groups is 1. The Hall–Kier alpha value is -2.91. The summed E-state index contributed by atoms with van der Waals surface area (Å²) >= 11 is 0. The summed E-state index contributed by atoms with van der Waals surface area (Å²) in [4.78, 5) is 17.8. The Morgan fingerprint density at radius 1 is 0.714 bits per heavy atom. The molecule has 0 aromatic heterocycles. The van der Waals surface area contributed by atoms with E-state index in [2.05, 4.69) is 64.4 Å². The molecule has 1 aliphatic rings. The first-order valence-electron chi connectivity index (χ1n) is 9.98. The van der Waals surface area contributed by atoms with Crippen molar-refractivity contribution in [3.63, 3.8) is 0 Å². The Kier molecular flexibility index (Phi) is 5.83. The van der Waals surface area contributed by atoms with Crippen LogP contribution < -0.4 is 4.90 Å². The van der Waals surface area contributed by atoms with E-state index >= 15 is 0 Å². The predicted octanol–water partition coefficient (Wildman–Crippen LogP) is 4.82. The van der Waals surface area contributed by atoms with Gasteiger partial charge in [0.2, 0.25) is 0 Å². The van der Waals surface area contributed by atoms with Crippen molar-refractivity contribution in [2.45, 2.75) is 12.5 Å². The molecule has 0 spiro atoms. The third-order valence-electron chi connectivity index (χ3n) is 5.54. The quantitative estimate of drug-likeness (QED) is 0.581. The Bertz CT molecular complexity index is 872. The highest BCUT2D eigenvalue weighted by Crippen LogP contribution is 2.28. The van der Waals surface area contributed by atoms with E-state index in [1.54, 1.807) is 0 Å². The molecule has 1 atom stereocenters. The second-order valence-corrected chi connectivity index (χ2v) is 7.28. The second-order valence-electron chi connectivity index (χ2n) is 7.28. The largest absolute Gasteiger partial charge is 0.369 e. The minimum atomic E-state index is 0.117. The Morgan fingerprint density at radius 3 is 1.86 bits per heavy atom. The van der Waals surface area contributed by atoms with Crippen LogP contribution in [0.25, 0.3) is 0 Å². The van der Waals surface area contributed by atoms with Gasteiger partial charge < -0.3 is 4.90 Å². The Labute approximate surface area is 167 Å². The summed E-state index contributed by atoms with van der Waals surface area (Å²) in [7, 11) is 0. The molecule has 1 saturated heterocycles. The second kappa shape index (κ2) is 8.85. The molecule has 3 nitrogen and oxygen atoms in total. The van der Waals surface area contributed by atoms with Crippen LogP contribution in [0.5, 0.6) is 0 Å². The average molecular weight is 370 g/mol. The van der Waals surface area contributed by atoms with Gasteiger partial charge in [-0.25, -0.2) is 0 Å². The van der Waals surface area contributed by atoms with Crippen LogP contribution in [0.1, 0.15) is 28.4 Å². The topological polar surface area (TPSA) is 23.6 Å². The van der Waals surface area contributed by atoms with Crippen LogP contribution in [-0.4, -0.2) is 36.9 Å². The van der Waals surface area contributed by atoms with Crippen LogP contribution in [0.4, 0.5) is 5.69 Å². The maximum atomic E-state index is 12.9. The minimum Gasteiger partial charge on any atom is -0.369 e. The highest BCUT2D eigenvalue weighted by molar-refractivity contribution is 5.96. The van der Waals surface area contributed by atoms with Crippen LogP contribution >= 0.6 is 0 Å². The molecule has 0 amide bonds. The number of hydrogen-bond donors (Lipinski definition) is 0. The summed E-state index contributed by atoms with van der Waals surface area (Å²) in [5.41, 5.74) is 3.30. The maximum absolute atomic E-state index is 12.9. The molecule has 0 radical (unpaired) electrons. The summed E-state index contributed by atoms with van der Waals surface area (Å²) < 4.78 is 0. The number of Topliss-reactive ketones (excluding diaryl/α,β-unsaturated/α-hetero) is 1. The standard InChI is InChI=1S/C25H26N2O/c28-25(22-12-6-2-7-13-22)20-24(21-10-4-1-5-11-21)27-18-16-26(17-19-27)23-14-8-3-9-15-23/h1-15,24H,16-20H2. The van der Waals surface area contributed by atoms with Crippen LogP contribution in [-0.2, 0) is 0 Å². The molecular formula is C25H26N2O. The monoisotopic (exact) mass is 370 g/mol. The zero-order valence-corrected chi connectivity index (χ0v) is 16.1. The minimum absolute atomic E-state index is 0.117. The lowest BCUT2D eigenvalue weighted by Crippen LogP contribution is -2.48. The third kappa shape index (κ3) is 4.32. The summed E-state index contributed by atoms with van der Waals surface area (Å²) in [6, 6.07) is 30.8. The average Bonchev–Trinajstić information content (AvgIpc) is 2.79. The van der Waals surface area contributed by atoms with Crippen molar-refractivity contribution < 1.29 is 4.79 Å². The van der Waals surface area contributed by atoms with Crippen LogP contribution in [0.2, 0.25) is 0 Å². The summed E-state index contributed by atoms with van der Waals surface area (Å²) in [6.07, 6.45) is 0.513. The molecule has 1 aliphatic heterocycles. The van der Waals surface area contributed by atoms with E-state index in [1.165, 1.54) is 11.3 Å². The molecule has 1 unspecified atom stereocenters. The normalized spacial score (nSPS) is 15.9. The van der Waals surface area contributed by atoms with Gasteiger partial charge in [-0.2, -0.15) is 0 Å². The van der Waals surface area contributed by atoms with Crippen LogP contribution in [0, 0.1) is 0 Å². The first-order chi connectivity index (χ1) is 13.8. The van der Waals surface area contributed by atoms with Gasteiger partial charge in [-0.3, -0.25) is 9.69 Å².